The maximum Gasteiger partial charge on any atom is 0.422 e. The Kier molecular flexibility index (Phi) is 10.6. The Bertz CT molecular complexity index is 711. The van der Waals surface area contributed by atoms with E-state index in [0.717, 1.165) is 17.7 Å². The van der Waals surface area contributed by atoms with E-state index in [1.807, 2.05) is 25.1 Å². The van der Waals surface area contributed by atoms with E-state index < -0.39 is 12.8 Å². The first kappa shape index (κ1) is 23.9. The minimum Gasteiger partial charge on any atom is -0.468 e. The van der Waals surface area contributed by atoms with Crippen molar-refractivity contribution in [1.82, 2.24) is 20.6 Å². The standard InChI is InChI=1S/C18H22F3N5O.HI/c1-2-22-17(24-10-8-15-5-3-4-9-23-15)26-12-14-6-7-16(25-11-14)27-13-18(19,20)21;/h3-7,9,11H,2,8,10,12-13H2,1H3,(H2,22,24,26);1H. The van der Waals surface area contributed by atoms with Gasteiger partial charge in [-0.1, -0.05) is 12.1 Å². The summed E-state index contributed by atoms with van der Waals surface area (Å²) in [5.74, 6) is 0.575. The molecule has 0 fully saturated rings. The Morgan fingerprint density at radius 3 is 2.57 bits per heavy atom. The van der Waals surface area contributed by atoms with Gasteiger partial charge in [-0.15, -0.1) is 24.0 Å². The molecular weight excluding hydrogens is 486 g/mol. The van der Waals surface area contributed by atoms with Gasteiger partial charge in [0.15, 0.2) is 12.6 Å². The minimum absolute atomic E-state index is 0. The molecule has 28 heavy (non-hydrogen) atoms. The van der Waals surface area contributed by atoms with E-state index in [2.05, 4.69) is 30.3 Å². The molecule has 2 N–H and O–H groups in total. The molecule has 2 rings (SSSR count). The fourth-order valence-corrected chi connectivity index (χ4v) is 2.11. The zero-order chi connectivity index (χ0) is 19.5. The number of hydrogen-bond acceptors (Lipinski definition) is 4. The largest absolute Gasteiger partial charge is 0.468 e. The normalized spacial score (nSPS) is 11.5. The molecule has 0 aliphatic carbocycles. The van der Waals surface area contributed by atoms with Crippen molar-refractivity contribution >= 4 is 29.9 Å². The summed E-state index contributed by atoms with van der Waals surface area (Å²) < 4.78 is 41.0. The van der Waals surface area contributed by atoms with Crippen LogP contribution in [0.25, 0.3) is 0 Å². The van der Waals surface area contributed by atoms with Crippen LogP contribution in [0, 0.1) is 0 Å². The van der Waals surface area contributed by atoms with Crippen LogP contribution in [0.3, 0.4) is 0 Å². The first-order valence-corrected chi connectivity index (χ1v) is 8.53. The number of aromatic nitrogens is 2. The van der Waals surface area contributed by atoms with Gasteiger partial charge in [0.2, 0.25) is 5.88 Å². The molecule has 2 heterocycles. The van der Waals surface area contributed by atoms with Crippen LogP contribution >= 0.6 is 24.0 Å². The average Bonchev–Trinajstić information content (AvgIpc) is 2.65. The Balaban J connectivity index is 0.00000392. The van der Waals surface area contributed by atoms with Gasteiger partial charge in [0.1, 0.15) is 0 Å². The third kappa shape index (κ3) is 9.72. The molecule has 0 aromatic carbocycles. The van der Waals surface area contributed by atoms with Gasteiger partial charge in [-0.3, -0.25) is 4.98 Å². The quantitative estimate of drug-likeness (QED) is 0.325. The fourth-order valence-electron chi connectivity index (χ4n) is 2.11. The van der Waals surface area contributed by atoms with Crippen LogP contribution in [-0.2, 0) is 13.0 Å². The second-order valence-electron chi connectivity index (χ2n) is 5.60. The van der Waals surface area contributed by atoms with Crippen molar-refractivity contribution in [3.63, 3.8) is 0 Å². The molecule has 2 aromatic rings. The van der Waals surface area contributed by atoms with Crippen LogP contribution in [0.1, 0.15) is 18.2 Å². The van der Waals surface area contributed by atoms with Gasteiger partial charge in [-0.05, 0) is 24.6 Å². The maximum absolute atomic E-state index is 12.1. The van der Waals surface area contributed by atoms with Crippen molar-refractivity contribution in [1.29, 1.82) is 0 Å². The number of halogens is 4. The monoisotopic (exact) mass is 509 g/mol. The minimum atomic E-state index is -4.38. The van der Waals surface area contributed by atoms with Gasteiger partial charge in [-0.2, -0.15) is 13.2 Å². The van der Waals surface area contributed by atoms with Gasteiger partial charge in [-0.25, -0.2) is 9.98 Å². The first-order chi connectivity index (χ1) is 13.0. The number of hydrogen-bond donors (Lipinski definition) is 2. The number of aliphatic imine (C=N–C) groups is 1. The summed E-state index contributed by atoms with van der Waals surface area (Å²) in [5, 5.41) is 6.35. The van der Waals surface area contributed by atoms with E-state index in [9.17, 15) is 13.2 Å². The van der Waals surface area contributed by atoms with Crippen molar-refractivity contribution in [2.45, 2.75) is 26.1 Å². The van der Waals surface area contributed by atoms with E-state index in [-0.39, 0.29) is 29.9 Å². The average molecular weight is 509 g/mol. The molecule has 0 saturated heterocycles. The maximum atomic E-state index is 12.1. The molecule has 10 heteroatoms. The first-order valence-electron chi connectivity index (χ1n) is 8.53. The Labute approximate surface area is 179 Å². The molecule has 0 saturated carbocycles. The highest BCUT2D eigenvalue weighted by Gasteiger charge is 2.28. The van der Waals surface area contributed by atoms with Crippen molar-refractivity contribution in [3.8, 4) is 5.88 Å². The number of guanidine groups is 1. The van der Waals surface area contributed by atoms with Gasteiger partial charge in [0.05, 0.1) is 6.54 Å². The predicted molar refractivity (Wildman–Crippen MR) is 112 cm³/mol. The third-order valence-electron chi connectivity index (χ3n) is 3.35. The van der Waals surface area contributed by atoms with E-state index in [0.29, 0.717) is 25.6 Å². The lowest BCUT2D eigenvalue weighted by molar-refractivity contribution is -0.154. The van der Waals surface area contributed by atoms with Crippen molar-refractivity contribution in [2.75, 3.05) is 19.7 Å². The number of nitrogens with zero attached hydrogens (tertiary/aromatic N) is 3. The molecule has 0 unspecified atom stereocenters. The van der Waals surface area contributed by atoms with Crippen LogP contribution < -0.4 is 15.4 Å². The second-order valence-corrected chi connectivity index (χ2v) is 5.60. The summed E-state index contributed by atoms with van der Waals surface area (Å²) in [4.78, 5) is 12.6. The van der Waals surface area contributed by atoms with Crippen molar-refractivity contribution in [3.05, 3.63) is 54.0 Å². The van der Waals surface area contributed by atoms with E-state index in [4.69, 9.17) is 0 Å². The van der Waals surface area contributed by atoms with Gasteiger partial charge >= 0.3 is 6.18 Å². The highest BCUT2D eigenvalue weighted by Crippen LogP contribution is 2.17. The highest BCUT2D eigenvalue weighted by molar-refractivity contribution is 14.0. The van der Waals surface area contributed by atoms with Crippen molar-refractivity contribution < 1.29 is 17.9 Å². The molecular formula is C18H23F3IN5O. The highest BCUT2D eigenvalue weighted by atomic mass is 127. The molecule has 2 aromatic heterocycles. The lowest BCUT2D eigenvalue weighted by Gasteiger charge is -2.11. The number of nitrogens with one attached hydrogen (secondary N) is 2. The van der Waals surface area contributed by atoms with E-state index in [1.165, 1.54) is 12.3 Å². The lowest BCUT2D eigenvalue weighted by atomic mass is 10.3. The van der Waals surface area contributed by atoms with Gasteiger partial charge in [0.25, 0.3) is 0 Å². The number of ether oxygens (including phenoxy) is 1. The SMILES string of the molecule is CCNC(=NCc1ccc(OCC(F)(F)F)nc1)NCCc1ccccn1.I. The predicted octanol–water partition coefficient (Wildman–Crippen LogP) is 3.33. The molecule has 0 atom stereocenters. The van der Waals surface area contributed by atoms with Crippen LogP contribution in [0.4, 0.5) is 13.2 Å². The summed E-state index contributed by atoms with van der Waals surface area (Å²) in [6, 6.07) is 8.81. The topological polar surface area (TPSA) is 71.4 Å². The van der Waals surface area contributed by atoms with Crippen LogP contribution in [-0.4, -0.2) is 41.8 Å². The Morgan fingerprint density at radius 2 is 1.96 bits per heavy atom. The molecule has 0 radical (unpaired) electrons. The summed E-state index contributed by atoms with van der Waals surface area (Å²) in [7, 11) is 0. The lowest BCUT2D eigenvalue weighted by Crippen LogP contribution is -2.38. The molecule has 154 valence electrons. The number of rotatable bonds is 8. The molecule has 0 spiro atoms. The van der Waals surface area contributed by atoms with Gasteiger partial charge in [0, 0.05) is 43.7 Å². The smallest absolute Gasteiger partial charge is 0.422 e. The second kappa shape index (κ2) is 12.4. The molecule has 0 amide bonds. The third-order valence-corrected chi connectivity index (χ3v) is 3.35. The molecule has 0 aliphatic rings. The van der Waals surface area contributed by atoms with Crippen LogP contribution in [0.15, 0.2) is 47.7 Å². The number of alkyl halides is 3. The summed E-state index contributed by atoms with van der Waals surface area (Å²) in [6.45, 7) is 2.32. The number of pyridine rings is 2. The Morgan fingerprint density at radius 1 is 1.14 bits per heavy atom. The molecule has 6 nitrogen and oxygen atoms in total. The zero-order valence-electron chi connectivity index (χ0n) is 15.4. The zero-order valence-corrected chi connectivity index (χ0v) is 17.7. The summed E-state index contributed by atoms with van der Waals surface area (Å²) in [6.07, 6.45) is -0.416. The van der Waals surface area contributed by atoms with Crippen LogP contribution in [0.5, 0.6) is 5.88 Å². The molecule has 0 bridgehead atoms. The Hall–Kier alpha value is -2.11. The van der Waals surface area contributed by atoms with Gasteiger partial charge < -0.3 is 15.4 Å². The van der Waals surface area contributed by atoms with E-state index >= 15 is 0 Å². The van der Waals surface area contributed by atoms with Crippen LogP contribution in [0.2, 0.25) is 0 Å². The molecule has 0 aliphatic heterocycles. The fraction of sp³-hybridized carbons (Fsp3) is 0.389. The summed E-state index contributed by atoms with van der Waals surface area (Å²) >= 11 is 0. The summed E-state index contributed by atoms with van der Waals surface area (Å²) in [5.41, 5.74) is 1.75. The van der Waals surface area contributed by atoms with Crippen molar-refractivity contribution in [2.24, 2.45) is 4.99 Å². The van der Waals surface area contributed by atoms with E-state index in [1.54, 1.807) is 12.3 Å².